The van der Waals surface area contributed by atoms with Crippen molar-refractivity contribution >= 4 is 0 Å². The third-order valence-corrected chi connectivity index (χ3v) is 2.65. The Labute approximate surface area is 98.6 Å². The molecule has 0 aliphatic rings. The molecule has 2 nitrogen and oxygen atoms in total. The maximum atomic E-state index is 10.3. The van der Waals surface area contributed by atoms with Crippen LogP contribution in [0.1, 0.15) is 52.7 Å². The summed E-state index contributed by atoms with van der Waals surface area (Å²) in [4.78, 5) is 0. The fraction of sp³-hybridized carbons (Fsp3) is 0.571. The smallest absolute Gasteiger partial charge is 0.123 e. The van der Waals surface area contributed by atoms with Crippen molar-refractivity contribution in [2.75, 3.05) is 0 Å². The van der Waals surface area contributed by atoms with E-state index in [1.807, 2.05) is 18.2 Å². The lowest BCUT2D eigenvalue weighted by Crippen LogP contribution is -2.16. The van der Waals surface area contributed by atoms with E-state index in [-0.39, 0.29) is 16.3 Å². The van der Waals surface area contributed by atoms with E-state index in [1.54, 1.807) is 0 Å². The summed E-state index contributed by atoms with van der Waals surface area (Å²) < 4.78 is 0. The molecule has 0 saturated carbocycles. The molecule has 0 heterocycles. The largest absolute Gasteiger partial charge is 0.507 e. The van der Waals surface area contributed by atoms with Gasteiger partial charge in [0.1, 0.15) is 5.75 Å². The zero-order valence-corrected chi connectivity index (χ0v) is 11.2. The number of hydrogen-bond donors (Lipinski definition) is 1. The SMILES string of the molecule is CC(C)(C)c1cccc(C(C)(C)C)c1O.O. The minimum Gasteiger partial charge on any atom is -0.507 e. The zero-order valence-electron chi connectivity index (χ0n) is 11.2. The van der Waals surface area contributed by atoms with Crippen LogP contribution in [0.4, 0.5) is 0 Å². The summed E-state index contributed by atoms with van der Waals surface area (Å²) in [6.45, 7) is 12.7. The molecule has 0 bridgehead atoms. The van der Waals surface area contributed by atoms with Crippen molar-refractivity contribution in [3.05, 3.63) is 29.3 Å². The average molecular weight is 224 g/mol. The summed E-state index contributed by atoms with van der Waals surface area (Å²) in [5.41, 5.74) is 2.03. The van der Waals surface area contributed by atoms with Crippen LogP contribution in [0, 0.1) is 0 Å². The van der Waals surface area contributed by atoms with Crippen LogP contribution in [0.25, 0.3) is 0 Å². The topological polar surface area (TPSA) is 51.7 Å². The first kappa shape index (κ1) is 15.0. The number of para-hydroxylation sites is 1. The molecule has 0 fully saturated rings. The standard InChI is InChI=1S/C14H22O.H2O/c1-13(2,3)10-8-7-9-11(12(10)15)14(4,5)6;/h7-9,15H,1-6H3;1H2. The van der Waals surface area contributed by atoms with E-state index in [0.29, 0.717) is 5.75 Å². The van der Waals surface area contributed by atoms with Gasteiger partial charge in [0.25, 0.3) is 0 Å². The van der Waals surface area contributed by atoms with Gasteiger partial charge in [0.15, 0.2) is 0 Å². The van der Waals surface area contributed by atoms with Gasteiger partial charge in [-0.3, -0.25) is 0 Å². The molecule has 1 aromatic rings. The molecule has 0 atom stereocenters. The van der Waals surface area contributed by atoms with Crippen molar-refractivity contribution in [1.82, 2.24) is 0 Å². The van der Waals surface area contributed by atoms with E-state index in [0.717, 1.165) is 11.1 Å². The molecule has 0 aliphatic heterocycles. The second-order valence-electron chi connectivity index (χ2n) is 6.20. The van der Waals surface area contributed by atoms with Crippen molar-refractivity contribution in [3.63, 3.8) is 0 Å². The lowest BCUT2D eigenvalue weighted by atomic mass is 9.80. The highest BCUT2D eigenvalue weighted by Gasteiger charge is 2.24. The molecule has 3 N–H and O–H groups in total. The minimum atomic E-state index is -0.00859. The van der Waals surface area contributed by atoms with E-state index >= 15 is 0 Å². The molecule has 0 radical (unpaired) electrons. The molecule has 1 rings (SSSR count). The summed E-state index contributed by atoms with van der Waals surface area (Å²) in [5, 5.41) is 10.3. The summed E-state index contributed by atoms with van der Waals surface area (Å²) in [6.07, 6.45) is 0. The van der Waals surface area contributed by atoms with Gasteiger partial charge in [-0.25, -0.2) is 0 Å². The molecular weight excluding hydrogens is 200 g/mol. The normalized spacial score (nSPS) is 12.1. The third-order valence-electron chi connectivity index (χ3n) is 2.65. The zero-order chi connectivity index (χ0) is 11.9. The first-order valence-electron chi connectivity index (χ1n) is 5.47. The molecule has 1 aromatic carbocycles. The number of phenolic OH excluding ortho intramolecular Hbond substituents is 1. The van der Waals surface area contributed by atoms with Crippen LogP contribution in [-0.2, 0) is 10.8 Å². The van der Waals surface area contributed by atoms with Gasteiger partial charge < -0.3 is 10.6 Å². The highest BCUT2D eigenvalue weighted by atomic mass is 16.3. The highest BCUT2D eigenvalue weighted by molar-refractivity contribution is 5.46. The second-order valence-corrected chi connectivity index (χ2v) is 6.20. The average Bonchev–Trinajstić information content (AvgIpc) is 1.99. The number of phenols is 1. The van der Waals surface area contributed by atoms with Gasteiger partial charge in [0.2, 0.25) is 0 Å². The third kappa shape index (κ3) is 2.99. The fourth-order valence-corrected chi connectivity index (χ4v) is 1.75. The summed E-state index contributed by atoms with van der Waals surface area (Å²) in [7, 11) is 0. The maximum absolute atomic E-state index is 10.3. The predicted molar refractivity (Wildman–Crippen MR) is 69.1 cm³/mol. The van der Waals surface area contributed by atoms with Crippen molar-refractivity contribution < 1.29 is 10.6 Å². The Morgan fingerprint density at radius 2 is 1.12 bits per heavy atom. The van der Waals surface area contributed by atoms with Gasteiger partial charge in [-0.05, 0) is 22.0 Å². The van der Waals surface area contributed by atoms with Crippen LogP contribution in [-0.4, -0.2) is 10.6 Å². The molecule has 0 unspecified atom stereocenters. The van der Waals surface area contributed by atoms with Gasteiger partial charge in [-0.15, -0.1) is 0 Å². The molecule has 0 saturated heterocycles. The summed E-state index contributed by atoms with van der Waals surface area (Å²) in [6, 6.07) is 6.04. The summed E-state index contributed by atoms with van der Waals surface area (Å²) >= 11 is 0. The fourth-order valence-electron chi connectivity index (χ4n) is 1.75. The first-order valence-corrected chi connectivity index (χ1v) is 5.47. The second kappa shape index (κ2) is 4.46. The number of aromatic hydroxyl groups is 1. The van der Waals surface area contributed by atoms with E-state index in [2.05, 4.69) is 41.5 Å². The summed E-state index contributed by atoms with van der Waals surface area (Å²) in [5.74, 6) is 0.456. The monoisotopic (exact) mass is 224 g/mol. The van der Waals surface area contributed by atoms with Crippen LogP contribution in [0.3, 0.4) is 0 Å². The quantitative estimate of drug-likeness (QED) is 0.723. The van der Waals surface area contributed by atoms with Crippen LogP contribution in [0.15, 0.2) is 18.2 Å². The van der Waals surface area contributed by atoms with Crippen molar-refractivity contribution in [2.24, 2.45) is 0 Å². The van der Waals surface area contributed by atoms with E-state index in [1.165, 1.54) is 0 Å². The van der Waals surface area contributed by atoms with Crippen molar-refractivity contribution in [3.8, 4) is 5.75 Å². The molecule has 0 aromatic heterocycles. The molecule has 2 heteroatoms. The van der Waals surface area contributed by atoms with Crippen LogP contribution in [0.2, 0.25) is 0 Å². The molecule has 0 aliphatic carbocycles. The Balaban J connectivity index is 0.00000225. The lowest BCUT2D eigenvalue weighted by Gasteiger charge is -2.26. The Kier molecular flexibility index (Phi) is 4.18. The highest BCUT2D eigenvalue weighted by Crippen LogP contribution is 2.38. The Morgan fingerprint density at radius 3 is 1.38 bits per heavy atom. The van der Waals surface area contributed by atoms with Crippen molar-refractivity contribution in [2.45, 2.75) is 52.4 Å². The van der Waals surface area contributed by atoms with Gasteiger partial charge >= 0.3 is 0 Å². The molecular formula is C14H24O2. The van der Waals surface area contributed by atoms with Gasteiger partial charge in [0.05, 0.1) is 0 Å². The van der Waals surface area contributed by atoms with Crippen molar-refractivity contribution in [1.29, 1.82) is 0 Å². The Morgan fingerprint density at radius 1 is 0.812 bits per heavy atom. The molecule has 0 amide bonds. The molecule has 16 heavy (non-hydrogen) atoms. The number of rotatable bonds is 0. The van der Waals surface area contributed by atoms with Gasteiger partial charge in [0, 0.05) is 0 Å². The van der Waals surface area contributed by atoms with Gasteiger partial charge in [-0.2, -0.15) is 0 Å². The first-order chi connectivity index (χ1) is 6.64. The van der Waals surface area contributed by atoms with Crippen LogP contribution in [0.5, 0.6) is 5.75 Å². The predicted octanol–water partition coefficient (Wildman–Crippen LogP) is 3.16. The lowest BCUT2D eigenvalue weighted by molar-refractivity contribution is 0.423. The minimum absolute atomic E-state index is 0. The Hall–Kier alpha value is -1.02. The number of hydrogen-bond acceptors (Lipinski definition) is 1. The van der Waals surface area contributed by atoms with Crippen LogP contribution >= 0.6 is 0 Å². The molecule has 0 spiro atoms. The Bertz CT molecular complexity index is 322. The van der Waals surface area contributed by atoms with E-state index < -0.39 is 0 Å². The molecule has 92 valence electrons. The van der Waals surface area contributed by atoms with Crippen LogP contribution < -0.4 is 0 Å². The maximum Gasteiger partial charge on any atom is 0.123 e. The van der Waals surface area contributed by atoms with E-state index in [4.69, 9.17) is 0 Å². The number of benzene rings is 1. The van der Waals surface area contributed by atoms with Gasteiger partial charge in [-0.1, -0.05) is 59.7 Å². The van der Waals surface area contributed by atoms with E-state index in [9.17, 15) is 5.11 Å².